The number of aryl methyl sites for hydroxylation is 1. The van der Waals surface area contributed by atoms with Crippen LogP contribution in [0, 0.1) is 12.8 Å². The molecular formula is C17H23N5O2. The summed E-state index contributed by atoms with van der Waals surface area (Å²) in [6.45, 7) is 6.41. The van der Waals surface area contributed by atoms with E-state index in [-0.39, 0.29) is 5.60 Å². The third kappa shape index (κ3) is 3.42. The van der Waals surface area contributed by atoms with Crippen LogP contribution < -0.4 is 5.32 Å². The molecule has 2 aliphatic rings. The first-order valence-corrected chi connectivity index (χ1v) is 8.50. The molecule has 0 aliphatic carbocycles. The minimum Gasteiger partial charge on any atom is -0.372 e. The van der Waals surface area contributed by atoms with E-state index in [2.05, 4.69) is 25.3 Å². The first-order chi connectivity index (χ1) is 11.7. The van der Waals surface area contributed by atoms with Crippen molar-refractivity contribution in [3.05, 3.63) is 36.0 Å². The molecule has 0 radical (unpaired) electrons. The Bertz CT molecular complexity index is 659. The van der Waals surface area contributed by atoms with E-state index in [1.54, 1.807) is 12.4 Å². The highest BCUT2D eigenvalue weighted by Gasteiger charge is 2.46. The van der Waals surface area contributed by atoms with E-state index in [0.717, 1.165) is 50.7 Å². The van der Waals surface area contributed by atoms with E-state index < -0.39 is 0 Å². The minimum absolute atomic E-state index is 0.0541. The minimum atomic E-state index is 0.0541. The second-order valence-electron chi connectivity index (χ2n) is 6.93. The zero-order valence-corrected chi connectivity index (χ0v) is 13.9. The second kappa shape index (κ2) is 6.49. The number of hydrogen-bond acceptors (Lipinski definition) is 7. The molecular weight excluding hydrogens is 306 g/mol. The normalized spacial score (nSPS) is 23.1. The van der Waals surface area contributed by atoms with Gasteiger partial charge in [0.05, 0.1) is 17.9 Å². The fourth-order valence-corrected chi connectivity index (χ4v) is 3.56. The van der Waals surface area contributed by atoms with E-state index in [9.17, 15) is 0 Å². The predicted octanol–water partition coefficient (Wildman–Crippen LogP) is 1.87. The van der Waals surface area contributed by atoms with Crippen LogP contribution in [0.4, 0.5) is 5.95 Å². The van der Waals surface area contributed by atoms with Crippen LogP contribution in [0.2, 0.25) is 0 Å². The molecule has 24 heavy (non-hydrogen) atoms. The van der Waals surface area contributed by atoms with Gasteiger partial charge < -0.3 is 14.6 Å². The van der Waals surface area contributed by atoms with E-state index in [0.29, 0.717) is 11.9 Å². The lowest BCUT2D eigenvalue weighted by atomic mass is 9.83. The highest BCUT2D eigenvalue weighted by Crippen LogP contribution is 2.36. The molecule has 0 saturated carbocycles. The number of hydrogen-bond donors (Lipinski definition) is 1. The van der Waals surface area contributed by atoms with Crippen molar-refractivity contribution in [3.8, 4) is 0 Å². The highest BCUT2D eigenvalue weighted by molar-refractivity contribution is 5.22. The Labute approximate surface area is 141 Å². The van der Waals surface area contributed by atoms with Gasteiger partial charge in [0, 0.05) is 44.6 Å². The lowest BCUT2D eigenvalue weighted by Gasteiger charge is -2.52. The monoisotopic (exact) mass is 329 g/mol. The lowest BCUT2D eigenvalue weighted by Crippen LogP contribution is -2.64. The van der Waals surface area contributed by atoms with Crippen LogP contribution in [0.1, 0.15) is 24.3 Å². The first-order valence-electron chi connectivity index (χ1n) is 8.50. The molecule has 7 nitrogen and oxygen atoms in total. The molecule has 0 bridgehead atoms. The lowest BCUT2D eigenvalue weighted by molar-refractivity contribution is -0.180. The maximum absolute atomic E-state index is 6.21. The summed E-state index contributed by atoms with van der Waals surface area (Å²) in [4.78, 5) is 10.7. The van der Waals surface area contributed by atoms with E-state index in [4.69, 9.17) is 9.26 Å². The summed E-state index contributed by atoms with van der Waals surface area (Å²) in [5.74, 6) is 2.08. The van der Waals surface area contributed by atoms with Crippen molar-refractivity contribution >= 4 is 5.95 Å². The van der Waals surface area contributed by atoms with Gasteiger partial charge in [-0.1, -0.05) is 5.16 Å². The Morgan fingerprint density at radius 3 is 2.83 bits per heavy atom. The van der Waals surface area contributed by atoms with Crippen molar-refractivity contribution in [2.24, 2.45) is 5.92 Å². The topological polar surface area (TPSA) is 76.3 Å². The van der Waals surface area contributed by atoms with Gasteiger partial charge in [-0.2, -0.15) is 0 Å². The Morgan fingerprint density at radius 1 is 1.33 bits per heavy atom. The molecule has 2 saturated heterocycles. The fourth-order valence-electron chi connectivity index (χ4n) is 3.56. The summed E-state index contributed by atoms with van der Waals surface area (Å²) >= 11 is 0. The van der Waals surface area contributed by atoms with Gasteiger partial charge in [-0.05, 0) is 31.7 Å². The summed E-state index contributed by atoms with van der Waals surface area (Å²) < 4.78 is 11.3. The summed E-state index contributed by atoms with van der Waals surface area (Å²) in [7, 11) is 0. The third-order valence-corrected chi connectivity index (χ3v) is 4.83. The molecule has 1 atom stereocenters. The van der Waals surface area contributed by atoms with Crippen LogP contribution in [0.3, 0.4) is 0 Å². The number of nitrogens with one attached hydrogen (secondary N) is 1. The molecule has 4 heterocycles. The zero-order valence-electron chi connectivity index (χ0n) is 13.9. The molecule has 7 heteroatoms. The summed E-state index contributed by atoms with van der Waals surface area (Å²) in [6, 6.07) is 3.82. The summed E-state index contributed by atoms with van der Waals surface area (Å²) in [5.41, 5.74) is 1.06. The molecule has 1 spiro atoms. The van der Waals surface area contributed by atoms with Crippen molar-refractivity contribution < 1.29 is 9.26 Å². The van der Waals surface area contributed by atoms with Crippen molar-refractivity contribution in [2.75, 3.05) is 31.6 Å². The third-order valence-electron chi connectivity index (χ3n) is 4.83. The molecule has 0 amide bonds. The van der Waals surface area contributed by atoms with Crippen LogP contribution >= 0.6 is 0 Å². The Balaban J connectivity index is 1.20. The maximum atomic E-state index is 6.21. The Morgan fingerprint density at radius 2 is 2.17 bits per heavy atom. The average Bonchev–Trinajstić information content (AvgIpc) is 2.99. The number of ether oxygens (including phenoxy) is 1. The fraction of sp³-hybridized carbons (Fsp3) is 0.588. The van der Waals surface area contributed by atoms with Crippen LogP contribution in [-0.2, 0) is 11.3 Å². The predicted molar refractivity (Wildman–Crippen MR) is 88.4 cm³/mol. The van der Waals surface area contributed by atoms with Crippen molar-refractivity contribution in [1.29, 1.82) is 0 Å². The summed E-state index contributed by atoms with van der Waals surface area (Å²) in [5, 5.41) is 7.35. The maximum Gasteiger partial charge on any atom is 0.222 e. The average molecular weight is 329 g/mol. The number of nitrogens with zero attached hydrogens (tertiary/aromatic N) is 4. The van der Waals surface area contributed by atoms with Crippen LogP contribution in [0.15, 0.2) is 29.0 Å². The van der Waals surface area contributed by atoms with Gasteiger partial charge in [-0.25, -0.2) is 9.97 Å². The Kier molecular flexibility index (Phi) is 4.20. The van der Waals surface area contributed by atoms with Gasteiger partial charge >= 0.3 is 0 Å². The first kappa shape index (κ1) is 15.5. The smallest absolute Gasteiger partial charge is 0.222 e. The highest BCUT2D eigenvalue weighted by atomic mass is 16.5. The van der Waals surface area contributed by atoms with Gasteiger partial charge in [0.2, 0.25) is 5.95 Å². The quantitative estimate of drug-likeness (QED) is 0.897. The summed E-state index contributed by atoms with van der Waals surface area (Å²) in [6.07, 6.45) is 5.79. The number of rotatable bonds is 5. The second-order valence-corrected chi connectivity index (χ2v) is 6.93. The molecule has 128 valence electrons. The van der Waals surface area contributed by atoms with Gasteiger partial charge in [0.25, 0.3) is 0 Å². The van der Waals surface area contributed by atoms with E-state index in [1.165, 1.54) is 6.42 Å². The molecule has 1 N–H and O–H groups in total. The SMILES string of the molecule is Cc1cc(CN2CC3(CCC(CNc4ncccn4)CO3)C2)no1. The number of aromatic nitrogens is 3. The van der Waals surface area contributed by atoms with Crippen molar-refractivity contribution in [2.45, 2.75) is 31.9 Å². The van der Waals surface area contributed by atoms with Crippen LogP contribution in [0.25, 0.3) is 0 Å². The zero-order chi connectivity index (χ0) is 16.4. The van der Waals surface area contributed by atoms with E-state index in [1.807, 2.05) is 19.1 Å². The number of anilines is 1. The van der Waals surface area contributed by atoms with Crippen molar-refractivity contribution in [1.82, 2.24) is 20.0 Å². The van der Waals surface area contributed by atoms with Crippen molar-refractivity contribution in [3.63, 3.8) is 0 Å². The molecule has 2 aliphatic heterocycles. The molecule has 0 aromatic carbocycles. The standard InChI is InChI=1S/C17H23N5O2/c1-13-7-15(21-24-13)9-22-11-17(12-22)4-3-14(10-23-17)8-20-16-18-5-2-6-19-16/h2,5-7,14H,3-4,8-12H2,1H3,(H,18,19,20). The van der Waals surface area contributed by atoms with Gasteiger partial charge in [0.15, 0.2) is 0 Å². The Hall–Kier alpha value is -1.99. The molecule has 4 rings (SSSR count). The molecule has 2 aromatic heterocycles. The van der Waals surface area contributed by atoms with Crippen LogP contribution in [0.5, 0.6) is 0 Å². The molecule has 2 fully saturated rings. The van der Waals surface area contributed by atoms with Gasteiger partial charge in [0.1, 0.15) is 5.76 Å². The van der Waals surface area contributed by atoms with Gasteiger partial charge in [-0.15, -0.1) is 0 Å². The van der Waals surface area contributed by atoms with Gasteiger partial charge in [-0.3, -0.25) is 4.90 Å². The molecule has 2 aromatic rings. The van der Waals surface area contributed by atoms with Crippen LogP contribution in [-0.4, -0.2) is 51.9 Å². The number of likely N-dealkylation sites (tertiary alicyclic amines) is 1. The molecule has 1 unspecified atom stereocenters. The van der Waals surface area contributed by atoms with E-state index >= 15 is 0 Å². The largest absolute Gasteiger partial charge is 0.372 e.